The Hall–Kier alpha value is -1.07. The standard InChI is InChI=1S/C12H16FNO2S/c1-8(14)9-4-3-5-10(13)12(9)17-7-6-11(15)16-2/h3-5,8H,6-7,14H2,1-2H3/t8-/m0/s1. The molecule has 0 unspecified atom stereocenters. The highest BCUT2D eigenvalue weighted by Gasteiger charge is 2.12. The maximum absolute atomic E-state index is 13.6. The summed E-state index contributed by atoms with van der Waals surface area (Å²) in [7, 11) is 1.34. The van der Waals surface area contributed by atoms with Crippen LogP contribution in [0.1, 0.15) is 24.9 Å². The van der Waals surface area contributed by atoms with Gasteiger partial charge < -0.3 is 10.5 Å². The Bertz CT molecular complexity index is 396. The first kappa shape index (κ1) is 14.0. The summed E-state index contributed by atoms with van der Waals surface area (Å²) in [5.74, 6) is -0.112. The molecule has 0 radical (unpaired) electrons. The van der Waals surface area contributed by atoms with Gasteiger partial charge in [-0.05, 0) is 18.6 Å². The van der Waals surface area contributed by atoms with Gasteiger partial charge in [-0.2, -0.15) is 0 Å². The van der Waals surface area contributed by atoms with Crippen molar-refractivity contribution in [3.05, 3.63) is 29.6 Å². The van der Waals surface area contributed by atoms with Gasteiger partial charge in [-0.25, -0.2) is 4.39 Å². The number of hydrogen-bond acceptors (Lipinski definition) is 4. The molecule has 0 fully saturated rings. The van der Waals surface area contributed by atoms with E-state index >= 15 is 0 Å². The first-order valence-corrected chi connectivity index (χ1v) is 6.28. The van der Waals surface area contributed by atoms with E-state index in [4.69, 9.17) is 5.73 Å². The molecule has 0 saturated heterocycles. The van der Waals surface area contributed by atoms with Crippen LogP contribution in [-0.4, -0.2) is 18.8 Å². The van der Waals surface area contributed by atoms with Gasteiger partial charge in [-0.3, -0.25) is 4.79 Å². The minimum Gasteiger partial charge on any atom is -0.469 e. The molecular formula is C12H16FNO2S. The lowest BCUT2D eigenvalue weighted by Gasteiger charge is -2.12. The Kier molecular flexibility index (Phi) is 5.44. The highest BCUT2D eigenvalue weighted by molar-refractivity contribution is 7.99. The molecule has 1 aromatic rings. The van der Waals surface area contributed by atoms with Gasteiger partial charge in [0.25, 0.3) is 0 Å². The Morgan fingerprint density at radius 3 is 2.88 bits per heavy atom. The molecule has 3 nitrogen and oxygen atoms in total. The molecule has 0 spiro atoms. The van der Waals surface area contributed by atoms with Crippen molar-refractivity contribution in [1.82, 2.24) is 0 Å². The van der Waals surface area contributed by atoms with Crippen LogP contribution in [0.15, 0.2) is 23.1 Å². The zero-order valence-corrected chi connectivity index (χ0v) is 10.7. The molecule has 1 aromatic carbocycles. The fourth-order valence-electron chi connectivity index (χ4n) is 1.37. The van der Waals surface area contributed by atoms with E-state index in [1.165, 1.54) is 24.9 Å². The number of carbonyl (C=O) groups excluding carboxylic acids is 1. The average molecular weight is 257 g/mol. The predicted octanol–water partition coefficient (Wildman–Crippen LogP) is 2.50. The largest absolute Gasteiger partial charge is 0.469 e. The van der Waals surface area contributed by atoms with Crippen molar-refractivity contribution in [2.45, 2.75) is 24.3 Å². The van der Waals surface area contributed by atoms with Gasteiger partial charge in [0.15, 0.2) is 0 Å². The highest BCUT2D eigenvalue weighted by Crippen LogP contribution is 2.29. The molecule has 2 N–H and O–H groups in total. The van der Waals surface area contributed by atoms with Crippen LogP contribution in [-0.2, 0) is 9.53 Å². The molecule has 94 valence electrons. The molecule has 0 bridgehead atoms. The maximum Gasteiger partial charge on any atom is 0.306 e. The lowest BCUT2D eigenvalue weighted by Crippen LogP contribution is -2.08. The van der Waals surface area contributed by atoms with Crippen LogP contribution < -0.4 is 5.73 Å². The van der Waals surface area contributed by atoms with Crippen LogP contribution in [0.2, 0.25) is 0 Å². The number of carbonyl (C=O) groups is 1. The number of halogens is 1. The van der Waals surface area contributed by atoms with E-state index in [1.54, 1.807) is 19.1 Å². The van der Waals surface area contributed by atoms with Crippen molar-refractivity contribution in [1.29, 1.82) is 0 Å². The number of esters is 1. The first-order valence-electron chi connectivity index (χ1n) is 5.30. The fourth-order valence-corrected chi connectivity index (χ4v) is 2.47. The molecule has 0 heterocycles. The molecule has 0 amide bonds. The van der Waals surface area contributed by atoms with E-state index in [9.17, 15) is 9.18 Å². The molecule has 1 atom stereocenters. The lowest BCUT2D eigenvalue weighted by molar-refractivity contribution is -0.140. The van der Waals surface area contributed by atoms with Crippen LogP contribution in [0.3, 0.4) is 0 Å². The zero-order chi connectivity index (χ0) is 12.8. The summed E-state index contributed by atoms with van der Waals surface area (Å²) in [6, 6.07) is 4.60. The van der Waals surface area contributed by atoms with Crippen molar-refractivity contribution in [2.75, 3.05) is 12.9 Å². The Balaban J connectivity index is 2.72. The third kappa shape index (κ3) is 4.02. The second-order valence-electron chi connectivity index (χ2n) is 3.62. The molecule has 0 aliphatic rings. The zero-order valence-electron chi connectivity index (χ0n) is 9.90. The van der Waals surface area contributed by atoms with Gasteiger partial charge in [0.1, 0.15) is 5.82 Å². The van der Waals surface area contributed by atoms with E-state index in [-0.39, 0.29) is 24.2 Å². The maximum atomic E-state index is 13.6. The summed E-state index contributed by atoms with van der Waals surface area (Å²) < 4.78 is 18.1. The first-order chi connectivity index (χ1) is 8.06. The third-order valence-corrected chi connectivity index (χ3v) is 3.40. The van der Waals surface area contributed by atoms with Gasteiger partial charge in [0.2, 0.25) is 0 Å². The summed E-state index contributed by atoms with van der Waals surface area (Å²) in [6.45, 7) is 1.80. The molecule has 0 aliphatic carbocycles. The number of thioether (sulfide) groups is 1. The van der Waals surface area contributed by atoms with Crippen molar-refractivity contribution in [3.63, 3.8) is 0 Å². The van der Waals surface area contributed by atoms with Crippen molar-refractivity contribution in [2.24, 2.45) is 5.73 Å². The average Bonchev–Trinajstić information content (AvgIpc) is 2.30. The second-order valence-corrected chi connectivity index (χ2v) is 4.73. The molecule has 0 saturated carbocycles. The summed E-state index contributed by atoms with van der Waals surface area (Å²) in [5, 5.41) is 0. The van der Waals surface area contributed by atoms with Crippen LogP contribution in [0.5, 0.6) is 0 Å². The minimum absolute atomic E-state index is 0.230. The van der Waals surface area contributed by atoms with Crippen LogP contribution in [0.25, 0.3) is 0 Å². The van der Waals surface area contributed by atoms with E-state index in [1.807, 2.05) is 0 Å². The summed E-state index contributed by atoms with van der Waals surface area (Å²) in [4.78, 5) is 11.5. The smallest absolute Gasteiger partial charge is 0.306 e. The molecule has 0 aliphatic heterocycles. The van der Waals surface area contributed by atoms with E-state index in [0.29, 0.717) is 10.6 Å². The van der Waals surface area contributed by atoms with Gasteiger partial charge in [0.05, 0.1) is 13.5 Å². The molecule has 5 heteroatoms. The molecule has 17 heavy (non-hydrogen) atoms. The van der Waals surface area contributed by atoms with Crippen molar-refractivity contribution < 1.29 is 13.9 Å². The molecule has 0 aromatic heterocycles. The normalized spacial score (nSPS) is 12.2. The fraction of sp³-hybridized carbons (Fsp3) is 0.417. The number of nitrogens with two attached hydrogens (primary N) is 1. The minimum atomic E-state index is -0.297. The number of benzene rings is 1. The van der Waals surface area contributed by atoms with Crippen LogP contribution >= 0.6 is 11.8 Å². The van der Waals surface area contributed by atoms with Crippen LogP contribution in [0.4, 0.5) is 4.39 Å². The van der Waals surface area contributed by atoms with Gasteiger partial charge in [0, 0.05) is 16.7 Å². The van der Waals surface area contributed by atoms with E-state index < -0.39 is 0 Å². The number of methoxy groups -OCH3 is 1. The lowest BCUT2D eigenvalue weighted by atomic mass is 10.1. The van der Waals surface area contributed by atoms with Gasteiger partial charge in [-0.15, -0.1) is 11.8 Å². The van der Waals surface area contributed by atoms with Gasteiger partial charge in [-0.1, -0.05) is 12.1 Å². The highest BCUT2D eigenvalue weighted by atomic mass is 32.2. The SMILES string of the molecule is COC(=O)CCSc1c(F)cccc1[C@H](C)N. The van der Waals surface area contributed by atoms with E-state index in [2.05, 4.69) is 4.74 Å². The summed E-state index contributed by atoms with van der Waals surface area (Å²) in [6.07, 6.45) is 0.258. The van der Waals surface area contributed by atoms with Crippen molar-refractivity contribution >= 4 is 17.7 Å². The Morgan fingerprint density at radius 1 is 1.59 bits per heavy atom. The van der Waals surface area contributed by atoms with Crippen LogP contribution in [0, 0.1) is 5.82 Å². The molecular weight excluding hydrogens is 241 g/mol. The number of ether oxygens (including phenoxy) is 1. The van der Waals surface area contributed by atoms with Gasteiger partial charge >= 0.3 is 5.97 Å². The third-order valence-electron chi connectivity index (χ3n) is 2.27. The molecule has 1 rings (SSSR count). The summed E-state index contributed by atoms with van der Waals surface area (Å²) in [5.41, 5.74) is 6.53. The second kappa shape index (κ2) is 6.61. The summed E-state index contributed by atoms with van der Waals surface area (Å²) >= 11 is 1.29. The number of hydrogen-bond donors (Lipinski definition) is 1. The Morgan fingerprint density at radius 2 is 2.29 bits per heavy atom. The Labute approximate surface area is 105 Å². The van der Waals surface area contributed by atoms with Crippen molar-refractivity contribution in [3.8, 4) is 0 Å². The monoisotopic (exact) mass is 257 g/mol. The van der Waals surface area contributed by atoms with E-state index in [0.717, 1.165) is 5.56 Å². The number of rotatable bonds is 5. The quantitative estimate of drug-likeness (QED) is 0.650. The topological polar surface area (TPSA) is 52.3 Å². The predicted molar refractivity (Wildman–Crippen MR) is 66.4 cm³/mol.